The van der Waals surface area contributed by atoms with E-state index < -0.39 is 30.0 Å². The summed E-state index contributed by atoms with van der Waals surface area (Å²) >= 11 is 0. The molecule has 1 aliphatic carbocycles. The van der Waals surface area contributed by atoms with Gasteiger partial charge in [-0.05, 0) is 29.3 Å². The van der Waals surface area contributed by atoms with Crippen molar-refractivity contribution in [3.05, 3.63) is 39.8 Å². The highest BCUT2D eigenvalue weighted by molar-refractivity contribution is 7.91. The largest absolute Gasteiger partial charge is 0.361 e. The first-order valence-corrected chi connectivity index (χ1v) is 8.02. The van der Waals surface area contributed by atoms with E-state index in [0.29, 0.717) is 5.56 Å². The van der Waals surface area contributed by atoms with Gasteiger partial charge in [0.25, 0.3) is 10.1 Å². The molecule has 0 aliphatic heterocycles. The van der Waals surface area contributed by atoms with Crippen molar-refractivity contribution in [1.82, 2.24) is 0 Å². The summed E-state index contributed by atoms with van der Waals surface area (Å²) in [6.07, 6.45) is 0.862. The molecule has 2 rings (SSSR count). The minimum Gasteiger partial charge on any atom is -0.361 e. The van der Waals surface area contributed by atoms with Crippen molar-refractivity contribution in [2.24, 2.45) is 0 Å². The van der Waals surface area contributed by atoms with Crippen LogP contribution in [-0.2, 0) is 26.7 Å². The molecule has 0 aromatic heterocycles. The van der Waals surface area contributed by atoms with E-state index >= 15 is 0 Å². The molecular weight excluding hydrogens is 308 g/mol. The predicted molar refractivity (Wildman–Crippen MR) is 68.1 cm³/mol. The lowest BCUT2D eigenvalue weighted by Gasteiger charge is -2.12. The standard InChI is InChI=1S/C10H8N2O6S2/c11-12-9-4-6-1-2-8(19(13,14)15)3-7(6)5-10(9)20(16,17)18/h1-3,5H,4H2,(H,13,14,15)(H,16,17,18). The van der Waals surface area contributed by atoms with Crippen LogP contribution in [0.4, 0.5) is 0 Å². The molecule has 0 unspecified atom stereocenters. The zero-order chi connectivity index (χ0) is 15.1. The van der Waals surface area contributed by atoms with Gasteiger partial charge in [-0.15, -0.1) is 0 Å². The van der Waals surface area contributed by atoms with Crippen LogP contribution in [0.2, 0.25) is 0 Å². The van der Waals surface area contributed by atoms with Crippen LogP contribution in [0.1, 0.15) is 11.1 Å². The second-order valence-corrected chi connectivity index (χ2v) is 6.85. The summed E-state index contributed by atoms with van der Waals surface area (Å²) in [5.41, 5.74) is 9.17. The van der Waals surface area contributed by atoms with Gasteiger partial charge in [0.05, 0.1) is 11.3 Å². The van der Waals surface area contributed by atoms with E-state index in [-0.39, 0.29) is 17.7 Å². The fraction of sp³-hybridized carbons (Fsp3) is 0.100. The molecular formula is C10H8N2O6S2. The third-order valence-electron chi connectivity index (χ3n) is 2.74. The molecule has 2 N–H and O–H groups in total. The Hall–Kier alpha value is -1.84. The lowest BCUT2D eigenvalue weighted by molar-refractivity contribution is -0.00599. The molecule has 0 radical (unpaired) electrons. The van der Waals surface area contributed by atoms with Gasteiger partial charge in [0, 0.05) is 0 Å². The Balaban J connectivity index is 2.73. The minimum absolute atomic E-state index is 0.108. The van der Waals surface area contributed by atoms with Crippen LogP contribution in [0, 0.1) is 0 Å². The van der Waals surface area contributed by atoms with Crippen LogP contribution in [-0.4, -0.2) is 36.4 Å². The van der Waals surface area contributed by atoms with Crippen LogP contribution in [0.5, 0.6) is 0 Å². The maximum atomic E-state index is 11.2. The number of hydrogen-bond donors (Lipinski definition) is 2. The molecule has 0 spiro atoms. The van der Waals surface area contributed by atoms with Gasteiger partial charge >= 0.3 is 15.8 Å². The molecule has 106 valence electrons. The van der Waals surface area contributed by atoms with Crippen molar-refractivity contribution < 1.29 is 30.7 Å². The molecule has 0 bridgehead atoms. The summed E-state index contributed by atoms with van der Waals surface area (Å²) in [4.78, 5) is 1.77. The van der Waals surface area contributed by atoms with E-state index in [2.05, 4.69) is 4.79 Å². The second-order valence-electron chi connectivity index (χ2n) is 4.04. The van der Waals surface area contributed by atoms with Crippen LogP contribution in [0.25, 0.3) is 11.6 Å². The molecule has 1 aromatic carbocycles. The highest BCUT2D eigenvalue weighted by atomic mass is 32.2. The van der Waals surface area contributed by atoms with Gasteiger partial charge in [-0.25, -0.2) is 0 Å². The fourth-order valence-electron chi connectivity index (χ4n) is 1.83. The molecule has 8 nitrogen and oxygen atoms in total. The SMILES string of the molecule is [N-]=[N+]=C1Cc2ccc(S(=O)(=O)O)cc2C=C1S(=O)(=O)O. The molecule has 0 fully saturated rings. The Kier molecular flexibility index (Phi) is 3.36. The lowest BCUT2D eigenvalue weighted by atomic mass is 9.96. The molecule has 10 heteroatoms. The smallest absolute Gasteiger partial charge is 0.317 e. The molecule has 1 aliphatic rings. The first kappa shape index (κ1) is 14.6. The first-order valence-electron chi connectivity index (χ1n) is 5.14. The summed E-state index contributed by atoms with van der Waals surface area (Å²) in [6, 6.07) is 3.54. The van der Waals surface area contributed by atoms with E-state index in [4.69, 9.17) is 14.6 Å². The van der Waals surface area contributed by atoms with E-state index in [1.165, 1.54) is 6.07 Å². The van der Waals surface area contributed by atoms with Crippen molar-refractivity contribution in [2.75, 3.05) is 0 Å². The quantitative estimate of drug-likeness (QED) is 0.458. The third-order valence-corrected chi connectivity index (χ3v) is 4.50. The Labute approximate surface area is 114 Å². The molecule has 0 amide bonds. The number of hydrogen-bond acceptors (Lipinski definition) is 4. The molecule has 0 atom stereocenters. The van der Waals surface area contributed by atoms with E-state index in [9.17, 15) is 16.8 Å². The van der Waals surface area contributed by atoms with E-state index in [0.717, 1.165) is 18.2 Å². The number of benzene rings is 1. The van der Waals surface area contributed by atoms with Gasteiger partial charge in [-0.2, -0.15) is 21.6 Å². The molecule has 1 aromatic rings. The normalized spacial score (nSPS) is 15.3. The summed E-state index contributed by atoms with van der Waals surface area (Å²) in [7, 11) is -9.05. The number of rotatable bonds is 2. The molecule has 0 saturated carbocycles. The monoisotopic (exact) mass is 316 g/mol. The van der Waals surface area contributed by atoms with Gasteiger partial charge in [0.15, 0.2) is 4.91 Å². The Morgan fingerprint density at radius 2 is 1.75 bits per heavy atom. The maximum Gasteiger partial charge on any atom is 0.317 e. The Bertz CT molecular complexity index is 876. The van der Waals surface area contributed by atoms with Crippen molar-refractivity contribution in [3.8, 4) is 0 Å². The highest BCUT2D eigenvalue weighted by Gasteiger charge is 2.32. The van der Waals surface area contributed by atoms with Gasteiger partial charge in [-0.1, -0.05) is 6.07 Å². The summed E-state index contributed by atoms with van der Waals surface area (Å²) in [5, 5.41) is 0. The average Bonchev–Trinajstić information content (AvgIpc) is 2.34. The van der Waals surface area contributed by atoms with Gasteiger partial charge in [0.1, 0.15) is 0 Å². The van der Waals surface area contributed by atoms with Gasteiger partial charge < -0.3 is 5.53 Å². The number of allylic oxidation sites excluding steroid dienone is 1. The lowest BCUT2D eigenvalue weighted by Crippen LogP contribution is -2.20. The van der Waals surface area contributed by atoms with Crippen molar-refractivity contribution in [1.29, 1.82) is 0 Å². The van der Waals surface area contributed by atoms with Crippen LogP contribution in [0.15, 0.2) is 28.0 Å². The number of nitrogens with zero attached hydrogens (tertiary/aromatic N) is 2. The summed E-state index contributed by atoms with van der Waals surface area (Å²) in [5.74, 6) is 0. The van der Waals surface area contributed by atoms with Crippen LogP contribution < -0.4 is 0 Å². The molecule has 20 heavy (non-hydrogen) atoms. The second kappa shape index (κ2) is 4.62. The third kappa shape index (κ3) is 2.69. The van der Waals surface area contributed by atoms with Gasteiger partial charge in [-0.3, -0.25) is 9.11 Å². The zero-order valence-electron chi connectivity index (χ0n) is 9.75. The van der Waals surface area contributed by atoms with Crippen LogP contribution >= 0.6 is 0 Å². The summed E-state index contributed by atoms with van der Waals surface area (Å²) in [6.45, 7) is 0. The zero-order valence-corrected chi connectivity index (χ0v) is 11.4. The topological polar surface area (TPSA) is 145 Å². The first-order chi connectivity index (χ1) is 9.13. The predicted octanol–water partition coefficient (Wildman–Crippen LogP) is 0.389. The van der Waals surface area contributed by atoms with Crippen molar-refractivity contribution in [3.63, 3.8) is 0 Å². The highest BCUT2D eigenvalue weighted by Crippen LogP contribution is 2.26. The van der Waals surface area contributed by atoms with Gasteiger partial charge in [0.2, 0.25) is 0 Å². The van der Waals surface area contributed by atoms with E-state index in [1.807, 2.05) is 0 Å². The fourth-order valence-corrected chi connectivity index (χ4v) is 3.03. The van der Waals surface area contributed by atoms with E-state index in [1.54, 1.807) is 0 Å². The van der Waals surface area contributed by atoms with Crippen molar-refractivity contribution in [2.45, 2.75) is 11.3 Å². The minimum atomic E-state index is -4.62. The molecule has 0 saturated heterocycles. The Morgan fingerprint density at radius 3 is 2.25 bits per heavy atom. The maximum absolute atomic E-state index is 11.2. The Morgan fingerprint density at radius 1 is 1.10 bits per heavy atom. The number of fused-ring (bicyclic) bond motifs is 1. The summed E-state index contributed by atoms with van der Waals surface area (Å²) < 4.78 is 62.4. The van der Waals surface area contributed by atoms with Crippen LogP contribution in [0.3, 0.4) is 0 Å². The van der Waals surface area contributed by atoms with Crippen molar-refractivity contribution >= 4 is 32.0 Å². The average molecular weight is 316 g/mol. The molecule has 0 heterocycles.